The zero-order valence-electron chi connectivity index (χ0n) is 13.4. The van der Waals surface area contributed by atoms with Crippen molar-refractivity contribution in [3.63, 3.8) is 0 Å². The minimum absolute atomic E-state index is 0. The van der Waals surface area contributed by atoms with Crippen molar-refractivity contribution in [2.75, 3.05) is 0 Å². The number of nitrogens with zero attached hydrogens (tertiary/aromatic N) is 2. The van der Waals surface area contributed by atoms with Crippen LogP contribution in [-0.4, -0.2) is 49.5 Å². The van der Waals surface area contributed by atoms with Gasteiger partial charge < -0.3 is 9.97 Å². The van der Waals surface area contributed by atoms with E-state index in [2.05, 4.69) is 19.9 Å². The van der Waals surface area contributed by atoms with Crippen LogP contribution in [-0.2, 0) is 17.1 Å². The number of hydrogen-bond donors (Lipinski definition) is 2. The Bertz CT molecular complexity index is 1220. The van der Waals surface area contributed by atoms with Gasteiger partial charge in [-0.05, 0) is 66.8 Å². The van der Waals surface area contributed by atoms with E-state index >= 15 is 0 Å². The Morgan fingerprint density at radius 3 is 1.67 bits per heavy atom. The molecule has 3 aromatic heterocycles. The van der Waals surface area contributed by atoms with Crippen LogP contribution in [0.1, 0.15) is 22.8 Å². The molecule has 0 saturated heterocycles. The predicted octanol–water partition coefficient (Wildman–Crippen LogP) is 4.66. The van der Waals surface area contributed by atoms with E-state index in [4.69, 9.17) is 11.6 Å². The average molecular weight is 432 g/mol. The van der Waals surface area contributed by atoms with Crippen LogP contribution in [0, 0.1) is 0 Å². The van der Waals surface area contributed by atoms with E-state index < -0.39 is 0 Å². The second-order valence-electron chi connectivity index (χ2n) is 6.02. The third kappa shape index (κ3) is 4.30. The number of hydrogen-bond acceptors (Lipinski definition) is 2. The van der Waals surface area contributed by atoms with Gasteiger partial charge in [-0.25, -0.2) is 9.97 Å². The topological polar surface area (TPSA) is 57.4 Å². The minimum atomic E-state index is 0. The number of H-pyrrole nitrogens is 2. The molecule has 4 nitrogen and oxygen atoms in total. The van der Waals surface area contributed by atoms with Crippen LogP contribution < -0.4 is 0 Å². The van der Waals surface area contributed by atoms with Crippen LogP contribution in [0.25, 0.3) is 46.4 Å². The third-order valence-electron chi connectivity index (χ3n) is 4.12. The number of aromatic amines is 2. The van der Waals surface area contributed by atoms with E-state index in [1.54, 1.807) is 0 Å². The summed E-state index contributed by atoms with van der Waals surface area (Å²) in [5.74, 6) is 0. The summed E-state index contributed by atoms with van der Waals surface area (Å²) >= 11 is 6.35. The first-order chi connectivity index (χ1) is 12.2. The zero-order valence-corrected chi connectivity index (χ0v) is 15.1. The summed E-state index contributed by atoms with van der Waals surface area (Å²) < 4.78 is 0. The molecule has 0 fully saturated rings. The molecule has 27 heavy (non-hydrogen) atoms. The van der Waals surface area contributed by atoms with Crippen LogP contribution in [0.15, 0.2) is 42.5 Å². The summed E-state index contributed by atoms with van der Waals surface area (Å²) in [7, 11) is 0. The summed E-state index contributed by atoms with van der Waals surface area (Å²) in [4.78, 5) is 15.9. The molecule has 2 aliphatic rings. The van der Waals surface area contributed by atoms with Crippen molar-refractivity contribution in [1.29, 1.82) is 0 Å². The monoisotopic (exact) mass is 431 g/mol. The Morgan fingerprint density at radius 2 is 1.11 bits per heavy atom. The van der Waals surface area contributed by atoms with Gasteiger partial charge in [-0.1, -0.05) is 11.6 Å². The van der Waals surface area contributed by atoms with Gasteiger partial charge >= 0.3 is 29.6 Å². The molecule has 1 radical (unpaired) electrons. The van der Waals surface area contributed by atoms with Crippen molar-refractivity contribution < 1.29 is 17.1 Å². The molecule has 7 heteroatoms. The second-order valence-corrected chi connectivity index (χ2v) is 6.43. The molecule has 0 unspecified atom stereocenters. The van der Waals surface area contributed by atoms with E-state index in [1.165, 1.54) is 0 Å². The van der Waals surface area contributed by atoms with Gasteiger partial charge in [-0.3, -0.25) is 0 Å². The van der Waals surface area contributed by atoms with Crippen molar-refractivity contribution in [2.45, 2.75) is 0 Å². The van der Waals surface area contributed by atoms with Crippen LogP contribution in [0.3, 0.4) is 0 Å². The van der Waals surface area contributed by atoms with Gasteiger partial charge in [0, 0.05) is 33.6 Å². The Hall–Kier alpha value is -1.59. The number of halogens is 1. The Morgan fingerprint density at radius 1 is 0.630 bits per heavy atom. The molecule has 3 aromatic rings. The average Bonchev–Trinajstić information content (AvgIpc) is 3.33. The molecule has 2 N–H and O–H groups in total. The first-order valence-corrected chi connectivity index (χ1v) is 8.33. The van der Waals surface area contributed by atoms with Crippen molar-refractivity contribution in [1.82, 2.24) is 19.9 Å². The van der Waals surface area contributed by atoms with Crippen LogP contribution in [0.5, 0.6) is 0 Å². The normalized spacial score (nSPS) is 11.7. The molecular formula is C20H14ClCuN4Na. The van der Waals surface area contributed by atoms with Gasteiger partial charge in [0.2, 0.25) is 0 Å². The number of nitrogens with one attached hydrogen (secondary N) is 2. The van der Waals surface area contributed by atoms with Gasteiger partial charge in [0.25, 0.3) is 0 Å². The molecule has 0 spiro atoms. The maximum atomic E-state index is 6.35. The number of aromatic nitrogens is 4. The fourth-order valence-electron chi connectivity index (χ4n) is 2.98. The van der Waals surface area contributed by atoms with E-state index in [0.29, 0.717) is 5.02 Å². The summed E-state index contributed by atoms with van der Waals surface area (Å²) in [5.41, 5.74) is 7.31. The third-order valence-corrected chi connectivity index (χ3v) is 4.43. The van der Waals surface area contributed by atoms with E-state index in [9.17, 15) is 0 Å². The predicted molar refractivity (Wildman–Crippen MR) is 111 cm³/mol. The molecule has 5 rings (SSSR count). The maximum absolute atomic E-state index is 6.35. The summed E-state index contributed by atoms with van der Waals surface area (Å²) in [6.07, 6.45) is 7.95. The SMILES string of the molecule is Clc1cc2cc3nc(cc4ccc(cc5nc(cc1[nH]2)C=C5)[nH]4)C=C3.[Cu].[NaH]. The summed E-state index contributed by atoms with van der Waals surface area (Å²) in [5, 5.41) is 0.663. The first-order valence-electron chi connectivity index (χ1n) is 7.95. The fourth-order valence-corrected chi connectivity index (χ4v) is 3.20. The van der Waals surface area contributed by atoms with Gasteiger partial charge in [0.1, 0.15) is 0 Å². The number of rotatable bonds is 0. The Labute approximate surface area is 193 Å². The molecule has 2 aliphatic heterocycles. The zero-order chi connectivity index (χ0) is 16.8. The van der Waals surface area contributed by atoms with E-state index in [-0.39, 0.29) is 46.6 Å². The van der Waals surface area contributed by atoms with Gasteiger partial charge in [0.15, 0.2) is 0 Å². The standard InChI is InChI=1S/C20H13ClN4.Cu.Na.H/c21-19-10-18-9-16-4-3-14(23-16)7-12-1-2-13(22-12)8-15-5-6-17(24-15)11-20(19)25-18;;;/h1-11,22,25H;;;. The van der Waals surface area contributed by atoms with Gasteiger partial charge in [0.05, 0.1) is 33.3 Å². The first kappa shape index (κ1) is 20.2. The number of fused-ring (bicyclic) bond motifs is 8. The Kier molecular flexibility index (Phi) is 6.11. The van der Waals surface area contributed by atoms with Crippen LogP contribution in [0.4, 0.5) is 0 Å². The van der Waals surface area contributed by atoms with Crippen molar-refractivity contribution in [3.8, 4) is 0 Å². The van der Waals surface area contributed by atoms with Gasteiger partial charge in [-0.15, -0.1) is 0 Å². The van der Waals surface area contributed by atoms with E-state index in [0.717, 1.165) is 44.8 Å². The molecule has 8 bridgehead atoms. The quantitative estimate of drug-likeness (QED) is 0.350. The fraction of sp³-hybridized carbons (Fsp3) is 0. The molecule has 0 atom stereocenters. The van der Waals surface area contributed by atoms with Crippen LogP contribution >= 0.6 is 11.6 Å². The molecule has 0 aliphatic carbocycles. The second kappa shape index (κ2) is 8.19. The summed E-state index contributed by atoms with van der Waals surface area (Å²) in [6, 6.07) is 13.9. The van der Waals surface area contributed by atoms with Gasteiger partial charge in [-0.2, -0.15) is 0 Å². The molecule has 0 aromatic carbocycles. The molecule has 133 valence electrons. The van der Waals surface area contributed by atoms with Crippen molar-refractivity contribution >= 4 is 87.5 Å². The van der Waals surface area contributed by atoms with Crippen LogP contribution in [0.2, 0.25) is 5.02 Å². The molecule has 0 amide bonds. The molecule has 5 heterocycles. The van der Waals surface area contributed by atoms with Crippen molar-refractivity contribution in [3.05, 3.63) is 70.3 Å². The van der Waals surface area contributed by atoms with E-state index in [1.807, 2.05) is 66.8 Å². The summed E-state index contributed by atoms with van der Waals surface area (Å²) in [6.45, 7) is 0. The Balaban J connectivity index is 0.00000105. The van der Waals surface area contributed by atoms with Crippen molar-refractivity contribution in [2.24, 2.45) is 0 Å². The molecule has 0 saturated carbocycles. The molecular weight excluding hydrogens is 418 g/mol.